The van der Waals surface area contributed by atoms with Crippen LogP contribution in [0.1, 0.15) is 19.6 Å². The van der Waals surface area contributed by atoms with Crippen molar-refractivity contribution in [1.29, 1.82) is 0 Å². The van der Waals surface area contributed by atoms with Gasteiger partial charge in [-0.25, -0.2) is 4.98 Å². The highest BCUT2D eigenvalue weighted by Gasteiger charge is 2.37. The molecule has 0 unspecified atom stereocenters. The van der Waals surface area contributed by atoms with E-state index in [0.717, 1.165) is 0 Å². The van der Waals surface area contributed by atoms with Crippen molar-refractivity contribution in [3.8, 4) is 0 Å². The topological polar surface area (TPSA) is 128 Å². The third-order valence-corrected chi connectivity index (χ3v) is 3.50. The molecule has 4 N–H and O–H groups in total. The molecule has 3 rings (SSSR count). The summed E-state index contributed by atoms with van der Waals surface area (Å²) in [6.45, 7) is 2.28. The van der Waals surface area contributed by atoms with Gasteiger partial charge in [0.25, 0.3) is 5.56 Å². The van der Waals surface area contributed by atoms with Gasteiger partial charge >= 0.3 is 0 Å². The average molecular weight is 295 g/mol. The monoisotopic (exact) mass is 295 g/mol. The summed E-state index contributed by atoms with van der Waals surface area (Å²) < 4.78 is 13.0. The highest BCUT2D eigenvalue weighted by atomic mass is 16.6. The molecule has 1 saturated heterocycles. The molecule has 0 aliphatic carbocycles. The van der Waals surface area contributed by atoms with Gasteiger partial charge in [-0.2, -0.15) is 4.98 Å². The molecule has 3 heterocycles. The molecule has 9 heteroatoms. The summed E-state index contributed by atoms with van der Waals surface area (Å²) in [5, 5.41) is 9.36. The van der Waals surface area contributed by atoms with Gasteiger partial charge in [-0.05, 0) is 6.92 Å². The Morgan fingerprint density at radius 1 is 1.67 bits per heavy atom. The molecule has 114 valence electrons. The average Bonchev–Trinajstić information content (AvgIpc) is 3.02. The van der Waals surface area contributed by atoms with E-state index in [9.17, 15) is 9.90 Å². The third kappa shape index (κ3) is 2.39. The number of hydrogen-bond donors (Lipinski definition) is 3. The fourth-order valence-electron chi connectivity index (χ4n) is 2.58. The number of nitrogens with zero attached hydrogens (tertiary/aromatic N) is 3. The fraction of sp³-hybridized carbons (Fsp3) is 0.583. The van der Waals surface area contributed by atoms with Crippen molar-refractivity contribution < 1.29 is 14.6 Å². The van der Waals surface area contributed by atoms with Crippen LogP contribution in [0, 0.1) is 0 Å². The number of aromatic nitrogens is 4. The molecule has 0 bridgehead atoms. The summed E-state index contributed by atoms with van der Waals surface area (Å²) >= 11 is 0. The minimum atomic E-state index is -0.410. The van der Waals surface area contributed by atoms with Crippen LogP contribution in [0.3, 0.4) is 0 Å². The summed E-state index contributed by atoms with van der Waals surface area (Å²) in [6, 6.07) is 0. The first-order chi connectivity index (χ1) is 10.1. The molecule has 2 aromatic heterocycles. The number of rotatable bonds is 4. The number of anilines is 1. The van der Waals surface area contributed by atoms with Crippen molar-refractivity contribution in [2.45, 2.75) is 31.8 Å². The Morgan fingerprint density at radius 2 is 2.48 bits per heavy atom. The Kier molecular flexibility index (Phi) is 3.62. The molecule has 0 saturated carbocycles. The van der Waals surface area contributed by atoms with Gasteiger partial charge in [0.05, 0.1) is 19.0 Å². The molecule has 2 aromatic rings. The lowest BCUT2D eigenvalue weighted by Gasteiger charge is -2.15. The number of aromatic amines is 1. The second-order valence-electron chi connectivity index (χ2n) is 4.82. The zero-order valence-corrected chi connectivity index (χ0v) is 11.5. The standard InChI is InChI=1S/C12H17N5O4/c1-2-20-6-3-8(21-7(6)4-18)17-5-14-9-10(17)15-12(13)16-11(9)19/h5-8,18H,2-4H2,1H3,(H3,13,15,16,19)/t6-,7+,8+/m0/s1. The number of aliphatic hydroxyl groups is 1. The van der Waals surface area contributed by atoms with Crippen LogP contribution in [-0.4, -0.2) is 50.0 Å². The van der Waals surface area contributed by atoms with Crippen LogP contribution in [0.25, 0.3) is 11.2 Å². The predicted octanol–water partition coefficient (Wildman–Crippen LogP) is -0.613. The van der Waals surface area contributed by atoms with E-state index in [4.69, 9.17) is 15.2 Å². The Bertz CT molecular complexity index is 697. The molecular weight excluding hydrogens is 278 g/mol. The lowest BCUT2D eigenvalue weighted by atomic mass is 10.2. The van der Waals surface area contributed by atoms with Gasteiger partial charge < -0.3 is 20.3 Å². The molecule has 0 radical (unpaired) electrons. The Hall–Kier alpha value is -1.97. The van der Waals surface area contributed by atoms with Gasteiger partial charge in [0.15, 0.2) is 11.2 Å². The lowest BCUT2D eigenvalue weighted by Crippen LogP contribution is -2.27. The van der Waals surface area contributed by atoms with Gasteiger partial charge in [0, 0.05) is 13.0 Å². The van der Waals surface area contributed by atoms with Crippen LogP contribution in [0.15, 0.2) is 11.1 Å². The quantitative estimate of drug-likeness (QED) is 0.686. The van der Waals surface area contributed by atoms with Crippen LogP contribution < -0.4 is 11.3 Å². The fourth-order valence-corrected chi connectivity index (χ4v) is 2.58. The first-order valence-electron chi connectivity index (χ1n) is 6.74. The van der Waals surface area contributed by atoms with E-state index in [1.807, 2.05) is 6.92 Å². The molecule has 21 heavy (non-hydrogen) atoms. The van der Waals surface area contributed by atoms with E-state index in [1.165, 1.54) is 6.33 Å². The van der Waals surface area contributed by atoms with Crippen molar-refractivity contribution in [1.82, 2.24) is 19.5 Å². The van der Waals surface area contributed by atoms with Gasteiger partial charge in [0.1, 0.15) is 12.3 Å². The number of aliphatic hydroxyl groups excluding tert-OH is 1. The molecule has 9 nitrogen and oxygen atoms in total. The van der Waals surface area contributed by atoms with E-state index in [-0.39, 0.29) is 24.2 Å². The second kappa shape index (κ2) is 5.43. The van der Waals surface area contributed by atoms with E-state index >= 15 is 0 Å². The van der Waals surface area contributed by atoms with Crippen molar-refractivity contribution in [3.63, 3.8) is 0 Å². The summed E-state index contributed by atoms with van der Waals surface area (Å²) in [5.74, 6) is 0.0207. The maximum absolute atomic E-state index is 11.8. The number of H-pyrrole nitrogens is 1. The van der Waals surface area contributed by atoms with Crippen molar-refractivity contribution in [3.05, 3.63) is 16.7 Å². The number of fused-ring (bicyclic) bond motifs is 1. The zero-order chi connectivity index (χ0) is 15.0. The van der Waals surface area contributed by atoms with Crippen LogP contribution in [0.5, 0.6) is 0 Å². The van der Waals surface area contributed by atoms with E-state index in [0.29, 0.717) is 18.7 Å². The van der Waals surface area contributed by atoms with Gasteiger partial charge in [-0.15, -0.1) is 0 Å². The zero-order valence-electron chi connectivity index (χ0n) is 11.5. The Morgan fingerprint density at radius 3 is 3.19 bits per heavy atom. The molecule has 3 atom stereocenters. The minimum absolute atomic E-state index is 0.0207. The molecule has 1 aliphatic rings. The minimum Gasteiger partial charge on any atom is -0.394 e. The Labute approximate surface area is 119 Å². The first kappa shape index (κ1) is 14.0. The number of ether oxygens (including phenoxy) is 2. The molecule has 1 fully saturated rings. The van der Waals surface area contributed by atoms with Crippen LogP contribution >= 0.6 is 0 Å². The first-order valence-corrected chi connectivity index (χ1v) is 6.74. The molecule has 0 spiro atoms. The predicted molar refractivity (Wildman–Crippen MR) is 73.6 cm³/mol. The number of nitrogens with two attached hydrogens (primary N) is 1. The highest BCUT2D eigenvalue weighted by Crippen LogP contribution is 2.32. The lowest BCUT2D eigenvalue weighted by molar-refractivity contribution is -0.0584. The van der Waals surface area contributed by atoms with Crippen LogP contribution in [0.4, 0.5) is 5.95 Å². The van der Waals surface area contributed by atoms with Gasteiger partial charge in [0.2, 0.25) is 5.95 Å². The summed E-state index contributed by atoms with van der Waals surface area (Å²) in [4.78, 5) is 22.3. The summed E-state index contributed by atoms with van der Waals surface area (Å²) in [5.41, 5.74) is 5.73. The Balaban J connectivity index is 1.96. The maximum atomic E-state index is 11.8. The number of hydrogen-bond acceptors (Lipinski definition) is 7. The third-order valence-electron chi connectivity index (χ3n) is 3.50. The second-order valence-corrected chi connectivity index (χ2v) is 4.82. The number of nitrogens with one attached hydrogen (secondary N) is 1. The van der Waals surface area contributed by atoms with Gasteiger partial charge in [-0.3, -0.25) is 14.3 Å². The van der Waals surface area contributed by atoms with Crippen molar-refractivity contribution in [2.75, 3.05) is 18.9 Å². The van der Waals surface area contributed by atoms with E-state index < -0.39 is 17.9 Å². The maximum Gasteiger partial charge on any atom is 0.280 e. The largest absolute Gasteiger partial charge is 0.394 e. The van der Waals surface area contributed by atoms with Crippen molar-refractivity contribution >= 4 is 17.1 Å². The smallest absolute Gasteiger partial charge is 0.280 e. The summed E-state index contributed by atoms with van der Waals surface area (Å²) in [6.07, 6.45) is 1.00. The molecule has 1 aliphatic heterocycles. The number of nitrogen functional groups attached to an aromatic ring is 1. The van der Waals surface area contributed by atoms with E-state index in [2.05, 4.69) is 15.0 Å². The van der Waals surface area contributed by atoms with Crippen LogP contribution in [-0.2, 0) is 9.47 Å². The van der Waals surface area contributed by atoms with Crippen LogP contribution in [0.2, 0.25) is 0 Å². The molecular formula is C12H17N5O4. The number of imidazole rings is 1. The highest BCUT2D eigenvalue weighted by molar-refractivity contribution is 5.70. The molecule has 0 aromatic carbocycles. The molecule has 0 amide bonds. The van der Waals surface area contributed by atoms with Gasteiger partial charge in [-0.1, -0.05) is 0 Å². The van der Waals surface area contributed by atoms with E-state index in [1.54, 1.807) is 4.57 Å². The summed E-state index contributed by atoms with van der Waals surface area (Å²) in [7, 11) is 0. The SMILES string of the molecule is CCO[C@H]1C[C@H](n2cnc3c(=O)[nH]c(N)nc32)O[C@@H]1CO. The van der Waals surface area contributed by atoms with Crippen molar-refractivity contribution in [2.24, 2.45) is 0 Å². The normalized spacial score (nSPS) is 25.7.